The first-order valence-electron chi connectivity index (χ1n) is 7.28. The fraction of sp³-hybridized carbons (Fsp3) is 0.500. The zero-order valence-electron chi connectivity index (χ0n) is 12.3. The van der Waals surface area contributed by atoms with E-state index in [4.69, 9.17) is 9.47 Å². The van der Waals surface area contributed by atoms with E-state index in [1.165, 1.54) is 0 Å². The number of rotatable bonds is 6. The van der Waals surface area contributed by atoms with Gasteiger partial charge < -0.3 is 14.4 Å². The van der Waals surface area contributed by atoms with Crippen molar-refractivity contribution in [1.82, 2.24) is 4.90 Å². The monoisotopic (exact) mass is 291 g/mol. The first-order chi connectivity index (χ1) is 10.1. The van der Waals surface area contributed by atoms with Gasteiger partial charge >= 0.3 is 5.97 Å². The van der Waals surface area contributed by atoms with Gasteiger partial charge in [-0.15, -0.1) is 0 Å². The fourth-order valence-corrected chi connectivity index (χ4v) is 2.16. The topological polar surface area (TPSA) is 55.8 Å². The van der Waals surface area contributed by atoms with Gasteiger partial charge in [0, 0.05) is 13.1 Å². The van der Waals surface area contributed by atoms with Gasteiger partial charge in [-0.2, -0.15) is 0 Å². The smallest absolute Gasteiger partial charge is 0.309 e. The molecule has 1 aliphatic rings. The maximum Gasteiger partial charge on any atom is 0.309 e. The van der Waals surface area contributed by atoms with E-state index >= 15 is 0 Å². The average Bonchev–Trinajstić information content (AvgIpc) is 3.01. The van der Waals surface area contributed by atoms with Crippen LogP contribution in [0.3, 0.4) is 0 Å². The van der Waals surface area contributed by atoms with Gasteiger partial charge in [0.25, 0.3) is 5.91 Å². The standard InChI is InChI=1S/C16H21NO4/c1-13-4-6-14(7-5-13)20-11-8-16(19)21-12-15(18)17-9-2-3-10-17/h4-7H,2-3,8-12H2,1H3. The minimum Gasteiger partial charge on any atom is -0.493 e. The normalized spacial score (nSPS) is 14.0. The Balaban J connectivity index is 1.61. The molecule has 1 fully saturated rings. The number of carbonyl (C=O) groups excluding carboxylic acids is 2. The Bertz CT molecular complexity index is 478. The third-order valence-electron chi connectivity index (χ3n) is 3.41. The highest BCUT2D eigenvalue weighted by Gasteiger charge is 2.18. The van der Waals surface area contributed by atoms with Crippen molar-refractivity contribution in [2.75, 3.05) is 26.3 Å². The predicted octanol–water partition coefficient (Wildman–Crippen LogP) is 1.93. The summed E-state index contributed by atoms with van der Waals surface area (Å²) in [5.74, 6) is 0.205. The number of carbonyl (C=O) groups is 2. The van der Waals surface area contributed by atoms with Crippen LogP contribution in [-0.2, 0) is 14.3 Å². The number of likely N-dealkylation sites (tertiary alicyclic amines) is 1. The SMILES string of the molecule is Cc1ccc(OCCC(=O)OCC(=O)N2CCCC2)cc1. The minimum atomic E-state index is -0.408. The van der Waals surface area contributed by atoms with E-state index in [-0.39, 0.29) is 25.5 Å². The highest BCUT2D eigenvalue weighted by atomic mass is 16.5. The molecule has 0 saturated carbocycles. The summed E-state index contributed by atoms with van der Waals surface area (Å²) in [5.41, 5.74) is 1.15. The van der Waals surface area contributed by atoms with E-state index in [2.05, 4.69) is 0 Å². The number of esters is 1. The Morgan fingerprint density at radius 3 is 2.48 bits per heavy atom. The minimum absolute atomic E-state index is 0.111. The van der Waals surface area contributed by atoms with Gasteiger partial charge in [0.1, 0.15) is 5.75 Å². The summed E-state index contributed by atoms with van der Waals surface area (Å²) in [4.78, 5) is 25.0. The van der Waals surface area contributed by atoms with Gasteiger partial charge in [-0.25, -0.2) is 0 Å². The van der Waals surface area contributed by atoms with Crippen molar-refractivity contribution >= 4 is 11.9 Å². The van der Waals surface area contributed by atoms with Crippen molar-refractivity contribution in [2.45, 2.75) is 26.2 Å². The number of amides is 1. The van der Waals surface area contributed by atoms with E-state index in [9.17, 15) is 9.59 Å². The Labute approximate surface area is 124 Å². The van der Waals surface area contributed by atoms with Crippen LogP contribution in [0.2, 0.25) is 0 Å². The first-order valence-corrected chi connectivity index (χ1v) is 7.28. The highest BCUT2D eigenvalue weighted by Crippen LogP contribution is 2.11. The van der Waals surface area contributed by atoms with Gasteiger partial charge in [-0.3, -0.25) is 9.59 Å². The lowest BCUT2D eigenvalue weighted by Gasteiger charge is -2.14. The van der Waals surface area contributed by atoms with Gasteiger partial charge in [-0.05, 0) is 31.9 Å². The van der Waals surface area contributed by atoms with Crippen LogP contribution < -0.4 is 4.74 Å². The summed E-state index contributed by atoms with van der Waals surface area (Å²) >= 11 is 0. The lowest BCUT2D eigenvalue weighted by atomic mass is 10.2. The lowest BCUT2D eigenvalue weighted by Crippen LogP contribution is -2.32. The second-order valence-corrected chi connectivity index (χ2v) is 5.16. The molecule has 0 N–H and O–H groups in total. The van der Waals surface area contributed by atoms with Crippen LogP contribution in [0.5, 0.6) is 5.75 Å². The second kappa shape index (κ2) is 7.67. The van der Waals surface area contributed by atoms with Crippen molar-refractivity contribution in [3.8, 4) is 5.75 Å². The molecule has 0 bridgehead atoms. The number of hydrogen-bond donors (Lipinski definition) is 0. The van der Waals surface area contributed by atoms with E-state index in [0.717, 1.165) is 37.2 Å². The quantitative estimate of drug-likeness (QED) is 0.752. The molecule has 1 amide bonds. The van der Waals surface area contributed by atoms with Crippen molar-refractivity contribution < 1.29 is 19.1 Å². The van der Waals surface area contributed by atoms with E-state index in [0.29, 0.717) is 0 Å². The Morgan fingerprint density at radius 2 is 1.81 bits per heavy atom. The van der Waals surface area contributed by atoms with Crippen molar-refractivity contribution in [2.24, 2.45) is 0 Å². The van der Waals surface area contributed by atoms with Crippen LogP contribution >= 0.6 is 0 Å². The first kappa shape index (κ1) is 15.4. The molecule has 0 atom stereocenters. The third kappa shape index (κ3) is 5.10. The summed E-state index contributed by atoms with van der Waals surface area (Å²) in [5, 5.41) is 0. The van der Waals surface area contributed by atoms with E-state index in [1.54, 1.807) is 4.90 Å². The Kier molecular flexibility index (Phi) is 5.60. The molecule has 1 heterocycles. The molecule has 1 aromatic rings. The Hall–Kier alpha value is -2.04. The van der Waals surface area contributed by atoms with Crippen LogP contribution in [0.15, 0.2) is 24.3 Å². The highest BCUT2D eigenvalue weighted by molar-refractivity contribution is 5.80. The molecule has 1 aromatic carbocycles. The summed E-state index contributed by atoms with van der Waals surface area (Å²) in [6.07, 6.45) is 2.20. The number of hydrogen-bond acceptors (Lipinski definition) is 4. The van der Waals surface area contributed by atoms with Gasteiger partial charge in [-0.1, -0.05) is 17.7 Å². The fourth-order valence-electron chi connectivity index (χ4n) is 2.16. The molecule has 0 aromatic heterocycles. The number of ether oxygens (including phenoxy) is 2. The molecular weight excluding hydrogens is 270 g/mol. The molecule has 0 radical (unpaired) electrons. The van der Waals surface area contributed by atoms with Crippen molar-refractivity contribution in [1.29, 1.82) is 0 Å². The Morgan fingerprint density at radius 1 is 1.14 bits per heavy atom. The molecule has 5 heteroatoms. The predicted molar refractivity (Wildman–Crippen MR) is 78.1 cm³/mol. The molecule has 114 valence electrons. The van der Waals surface area contributed by atoms with Crippen molar-refractivity contribution in [3.63, 3.8) is 0 Å². The average molecular weight is 291 g/mol. The van der Waals surface area contributed by atoms with Crippen LogP contribution in [-0.4, -0.2) is 43.1 Å². The van der Waals surface area contributed by atoms with Crippen LogP contribution in [0.4, 0.5) is 0 Å². The van der Waals surface area contributed by atoms with Crippen LogP contribution in [0.1, 0.15) is 24.8 Å². The zero-order valence-corrected chi connectivity index (χ0v) is 12.3. The molecule has 21 heavy (non-hydrogen) atoms. The number of benzene rings is 1. The molecule has 0 aliphatic carbocycles. The largest absolute Gasteiger partial charge is 0.493 e. The molecule has 5 nitrogen and oxygen atoms in total. The second-order valence-electron chi connectivity index (χ2n) is 5.16. The maximum absolute atomic E-state index is 11.7. The zero-order chi connectivity index (χ0) is 15.1. The maximum atomic E-state index is 11.7. The number of nitrogens with zero attached hydrogens (tertiary/aromatic N) is 1. The molecule has 2 rings (SSSR count). The molecule has 1 aliphatic heterocycles. The molecule has 0 spiro atoms. The van der Waals surface area contributed by atoms with E-state index in [1.807, 2.05) is 31.2 Å². The van der Waals surface area contributed by atoms with Crippen LogP contribution in [0, 0.1) is 6.92 Å². The third-order valence-corrected chi connectivity index (χ3v) is 3.41. The van der Waals surface area contributed by atoms with Gasteiger partial charge in [0.2, 0.25) is 0 Å². The summed E-state index contributed by atoms with van der Waals surface area (Å²) in [7, 11) is 0. The molecule has 1 saturated heterocycles. The summed E-state index contributed by atoms with van der Waals surface area (Å²) in [6, 6.07) is 7.61. The summed E-state index contributed by atoms with van der Waals surface area (Å²) < 4.78 is 10.4. The molecular formula is C16H21NO4. The van der Waals surface area contributed by atoms with Gasteiger partial charge in [0.05, 0.1) is 13.0 Å². The van der Waals surface area contributed by atoms with Crippen LogP contribution in [0.25, 0.3) is 0 Å². The summed E-state index contributed by atoms with van der Waals surface area (Å²) in [6.45, 7) is 3.63. The van der Waals surface area contributed by atoms with Gasteiger partial charge in [0.15, 0.2) is 6.61 Å². The lowest BCUT2D eigenvalue weighted by molar-refractivity contribution is -0.152. The molecule has 0 unspecified atom stereocenters. The van der Waals surface area contributed by atoms with E-state index < -0.39 is 5.97 Å². The number of aryl methyl sites for hydroxylation is 1. The van der Waals surface area contributed by atoms with Crippen molar-refractivity contribution in [3.05, 3.63) is 29.8 Å².